The lowest BCUT2D eigenvalue weighted by atomic mass is 9.98. The average Bonchev–Trinajstić information content (AvgIpc) is 2.98. The smallest absolute Gasteiger partial charge is 0.219 e. The van der Waals surface area contributed by atoms with E-state index in [-0.39, 0.29) is 5.41 Å². The summed E-state index contributed by atoms with van der Waals surface area (Å²) in [7, 11) is 1.58. The van der Waals surface area contributed by atoms with Crippen LogP contribution >= 0.6 is 11.6 Å². The van der Waals surface area contributed by atoms with E-state index < -0.39 is 0 Å². The van der Waals surface area contributed by atoms with E-state index in [9.17, 15) is 0 Å². The number of pyridine rings is 1. The monoisotopic (exact) mass is 207 g/mol. The fourth-order valence-corrected chi connectivity index (χ4v) is 1.92. The minimum absolute atomic E-state index is 0.226. The molecule has 1 fully saturated rings. The van der Waals surface area contributed by atoms with Crippen LogP contribution in [0, 0.1) is 12.3 Å². The lowest BCUT2D eigenvalue weighted by Crippen LogP contribution is -2.07. The summed E-state index contributed by atoms with van der Waals surface area (Å²) in [4.78, 5) is 4.11. The molecule has 1 aliphatic carbocycles. The van der Waals surface area contributed by atoms with Gasteiger partial charge < -0.3 is 4.74 Å². The number of hydrogen-bond acceptors (Lipinski definition) is 2. The summed E-state index contributed by atoms with van der Waals surface area (Å²) in [6.07, 6.45) is 9.05. The van der Waals surface area contributed by atoms with Crippen LogP contribution in [0.5, 0.6) is 5.88 Å². The molecule has 0 bridgehead atoms. The van der Waals surface area contributed by atoms with Crippen molar-refractivity contribution in [2.24, 2.45) is 0 Å². The van der Waals surface area contributed by atoms with E-state index in [4.69, 9.17) is 22.8 Å². The third-order valence-electron chi connectivity index (χ3n) is 2.56. The fraction of sp³-hybridized carbons (Fsp3) is 0.364. The summed E-state index contributed by atoms with van der Waals surface area (Å²) in [6, 6.07) is 1.75. The van der Waals surface area contributed by atoms with Gasteiger partial charge in [0.25, 0.3) is 0 Å². The van der Waals surface area contributed by atoms with Gasteiger partial charge in [-0.15, -0.1) is 6.42 Å². The highest BCUT2D eigenvalue weighted by Crippen LogP contribution is 2.52. The molecule has 1 aliphatic rings. The number of aromatic nitrogens is 1. The van der Waals surface area contributed by atoms with E-state index in [1.165, 1.54) is 0 Å². The number of hydrogen-bond donors (Lipinski definition) is 0. The number of rotatable bonds is 2. The molecule has 1 saturated carbocycles. The molecule has 0 radical (unpaired) electrons. The van der Waals surface area contributed by atoms with Crippen LogP contribution in [0.4, 0.5) is 0 Å². The first-order valence-electron chi connectivity index (χ1n) is 4.40. The molecule has 0 aliphatic heterocycles. The van der Waals surface area contributed by atoms with Gasteiger partial charge in [-0.3, -0.25) is 0 Å². The molecule has 0 N–H and O–H groups in total. The van der Waals surface area contributed by atoms with Crippen LogP contribution < -0.4 is 4.74 Å². The Morgan fingerprint density at radius 2 is 2.36 bits per heavy atom. The van der Waals surface area contributed by atoms with Crippen molar-refractivity contribution in [3.05, 3.63) is 22.8 Å². The molecule has 1 aromatic rings. The van der Waals surface area contributed by atoms with Crippen molar-refractivity contribution in [1.29, 1.82) is 0 Å². The minimum atomic E-state index is -0.226. The van der Waals surface area contributed by atoms with E-state index >= 15 is 0 Å². The van der Waals surface area contributed by atoms with Gasteiger partial charge in [0.2, 0.25) is 5.88 Å². The number of nitrogens with zero attached hydrogens (tertiary/aromatic N) is 1. The van der Waals surface area contributed by atoms with Gasteiger partial charge >= 0.3 is 0 Å². The molecule has 0 spiro atoms. The van der Waals surface area contributed by atoms with Gasteiger partial charge in [0.15, 0.2) is 0 Å². The highest BCUT2D eigenvalue weighted by atomic mass is 35.5. The van der Waals surface area contributed by atoms with Crippen molar-refractivity contribution in [2.75, 3.05) is 7.11 Å². The Kier molecular flexibility index (Phi) is 2.13. The van der Waals surface area contributed by atoms with Crippen molar-refractivity contribution >= 4 is 11.6 Å². The molecule has 0 unspecified atom stereocenters. The Hall–Kier alpha value is -1.20. The number of ether oxygens (including phenoxy) is 1. The molecule has 3 heteroatoms. The van der Waals surface area contributed by atoms with Crippen molar-refractivity contribution in [2.45, 2.75) is 18.3 Å². The predicted molar refractivity (Wildman–Crippen MR) is 55.5 cm³/mol. The highest BCUT2D eigenvalue weighted by molar-refractivity contribution is 6.31. The van der Waals surface area contributed by atoms with Gasteiger partial charge in [0.1, 0.15) is 0 Å². The first-order valence-corrected chi connectivity index (χ1v) is 4.78. The Bertz CT molecular complexity index is 404. The average molecular weight is 208 g/mol. The number of terminal acetylenes is 1. The first kappa shape index (κ1) is 9.36. The fourth-order valence-electron chi connectivity index (χ4n) is 1.60. The molecular weight excluding hydrogens is 198 g/mol. The van der Waals surface area contributed by atoms with Crippen LogP contribution in [0.15, 0.2) is 12.3 Å². The predicted octanol–water partition coefficient (Wildman–Crippen LogP) is 2.41. The summed E-state index contributed by atoms with van der Waals surface area (Å²) in [5.74, 6) is 3.33. The Morgan fingerprint density at radius 3 is 2.86 bits per heavy atom. The summed E-state index contributed by atoms with van der Waals surface area (Å²) >= 11 is 6.10. The maximum absolute atomic E-state index is 6.10. The summed E-state index contributed by atoms with van der Waals surface area (Å²) < 4.78 is 5.16. The van der Waals surface area contributed by atoms with E-state index in [1.807, 2.05) is 0 Å². The second-order valence-corrected chi connectivity index (χ2v) is 3.81. The normalized spacial score (nSPS) is 17.2. The van der Waals surface area contributed by atoms with Gasteiger partial charge in [0.05, 0.1) is 23.1 Å². The zero-order chi connectivity index (χ0) is 10.2. The van der Waals surface area contributed by atoms with Crippen molar-refractivity contribution in [3.8, 4) is 18.2 Å². The molecule has 2 nitrogen and oxygen atoms in total. The summed E-state index contributed by atoms with van der Waals surface area (Å²) in [5, 5.41) is 0.646. The summed E-state index contributed by atoms with van der Waals surface area (Å²) in [6.45, 7) is 0. The molecule has 2 rings (SSSR count). The quantitative estimate of drug-likeness (QED) is 0.695. The summed E-state index contributed by atoms with van der Waals surface area (Å²) in [5.41, 5.74) is 0.642. The van der Waals surface area contributed by atoms with Gasteiger partial charge in [-0.2, -0.15) is 0 Å². The van der Waals surface area contributed by atoms with Crippen LogP contribution in [0.2, 0.25) is 5.02 Å². The number of methoxy groups -OCH3 is 1. The maximum atomic E-state index is 6.10. The lowest BCUT2D eigenvalue weighted by molar-refractivity contribution is 0.390. The van der Waals surface area contributed by atoms with Gasteiger partial charge in [-0.05, 0) is 18.9 Å². The number of halogens is 1. The molecule has 0 atom stereocenters. The zero-order valence-corrected chi connectivity index (χ0v) is 8.64. The van der Waals surface area contributed by atoms with E-state index in [2.05, 4.69) is 10.9 Å². The lowest BCUT2D eigenvalue weighted by Gasteiger charge is -2.13. The molecular formula is C11H10ClNO. The van der Waals surface area contributed by atoms with Crippen molar-refractivity contribution in [3.63, 3.8) is 0 Å². The Morgan fingerprint density at radius 1 is 1.64 bits per heavy atom. The van der Waals surface area contributed by atoms with Crippen LogP contribution in [-0.2, 0) is 5.41 Å². The highest BCUT2D eigenvalue weighted by Gasteiger charge is 2.46. The van der Waals surface area contributed by atoms with Gasteiger partial charge in [0, 0.05) is 6.20 Å². The van der Waals surface area contributed by atoms with E-state index in [0.29, 0.717) is 10.9 Å². The molecule has 0 saturated heterocycles. The molecule has 0 aromatic carbocycles. The van der Waals surface area contributed by atoms with E-state index in [0.717, 1.165) is 18.4 Å². The molecule has 14 heavy (non-hydrogen) atoms. The van der Waals surface area contributed by atoms with Crippen molar-refractivity contribution in [1.82, 2.24) is 4.98 Å². The third-order valence-corrected chi connectivity index (χ3v) is 2.88. The van der Waals surface area contributed by atoms with Crippen LogP contribution in [-0.4, -0.2) is 12.1 Å². The SMILES string of the molecule is C#CC1(c2c(Cl)ccnc2OC)CC1. The van der Waals surface area contributed by atoms with Crippen molar-refractivity contribution < 1.29 is 4.74 Å². The molecule has 0 amide bonds. The standard InChI is InChI=1S/C11H10ClNO/c1-3-11(5-6-11)9-8(12)4-7-13-10(9)14-2/h1,4,7H,5-6H2,2H3. The Labute approximate surface area is 88.3 Å². The largest absolute Gasteiger partial charge is 0.481 e. The van der Waals surface area contributed by atoms with Gasteiger partial charge in [-0.1, -0.05) is 17.5 Å². The third kappa shape index (κ3) is 1.25. The van der Waals surface area contributed by atoms with Gasteiger partial charge in [-0.25, -0.2) is 4.98 Å². The van der Waals surface area contributed by atoms with Crippen LogP contribution in [0.25, 0.3) is 0 Å². The molecule has 72 valence electrons. The van der Waals surface area contributed by atoms with Crippen LogP contribution in [0.3, 0.4) is 0 Å². The molecule has 1 aromatic heterocycles. The second-order valence-electron chi connectivity index (χ2n) is 3.40. The first-order chi connectivity index (χ1) is 6.73. The Balaban J connectivity index is 2.57. The van der Waals surface area contributed by atoms with Crippen LogP contribution in [0.1, 0.15) is 18.4 Å². The maximum Gasteiger partial charge on any atom is 0.219 e. The zero-order valence-electron chi connectivity index (χ0n) is 7.88. The second kappa shape index (κ2) is 3.18. The van der Waals surface area contributed by atoms with E-state index in [1.54, 1.807) is 19.4 Å². The minimum Gasteiger partial charge on any atom is -0.481 e. The topological polar surface area (TPSA) is 22.1 Å². The molecule has 1 heterocycles.